The molecule has 28 heavy (non-hydrogen) atoms. The molecule has 1 aromatic heterocycles. The summed E-state index contributed by atoms with van der Waals surface area (Å²) in [5, 5.41) is 5.70. The van der Waals surface area contributed by atoms with Crippen molar-refractivity contribution in [2.75, 3.05) is 37.0 Å². The Kier molecular flexibility index (Phi) is 5.99. The van der Waals surface area contributed by atoms with Crippen molar-refractivity contribution in [3.63, 3.8) is 0 Å². The molecule has 0 spiro atoms. The van der Waals surface area contributed by atoms with Crippen LogP contribution in [-0.2, 0) is 16.0 Å². The van der Waals surface area contributed by atoms with Crippen LogP contribution < -0.4 is 15.5 Å². The number of anilines is 2. The minimum absolute atomic E-state index is 0.172. The smallest absolute Gasteiger partial charge is 0.341 e. The molecular formula is C20H23N3O4S. The van der Waals surface area contributed by atoms with Gasteiger partial charge in [0.15, 0.2) is 0 Å². The topological polar surface area (TPSA) is 87.7 Å². The summed E-state index contributed by atoms with van der Waals surface area (Å²) in [6.45, 7) is 4.54. The van der Waals surface area contributed by atoms with Gasteiger partial charge in [-0.05, 0) is 37.5 Å². The summed E-state index contributed by atoms with van der Waals surface area (Å²) in [6.07, 6.45) is 0.899. The molecule has 3 rings (SSSR count). The van der Waals surface area contributed by atoms with Gasteiger partial charge in [0.2, 0.25) is 5.91 Å². The lowest BCUT2D eigenvalue weighted by Gasteiger charge is -2.18. The first-order valence-electron chi connectivity index (χ1n) is 9.11. The second-order valence-electron chi connectivity index (χ2n) is 6.41. The maximum Gasteiger partial charge on any atom is 0.341 e. The molecule has 0 aliphatic carbocycles. The lowest BCUT2D eigenvalue weighted by atomic mass is 10.1. The molecule has 1 aliphatic heterocycles. The first-order valence-corrected chi connectivity index (χ1v) is 9.93. The van der Waals surface area contributed by atoms with Gasteiger partial charge in [-0.2, -0.15) is 0 Å². The highest BCUT2D eigenvalue weighted by Gasteiger charge is 2.27. The Hall–Kier alpha value is -2.87. The second-order valence-corrected chi connectivity index (χ2v) is 7.43. The number of carbonyl (C=O) groups excluding carboxylic acids is 3. The summed E-state index contributed by atoms with van der Waals surface area (Å²) in [4.78, 5) is 39.6. The molecule has 8 heteroatoms. The van der Waals surface area contributed by atoms with Crippen molar-refractivity contribution in [1.29, 1.82) is 0 Å². The maximum atomic E-state index is 12.7. The van der Waals surface area contributed by atoms with E-state index in [0.717, 1.165) is 30.0 Å². The van der Waals surface area contributed by atoms with Crippen molar-refractivity contribution in [3.05, 3.63) is 45.8 Å². The van der Waals surface area contributed by atoms with Crippen LogP contribution in [0.15, 0.2) is 24.3 Å². The monoisotopic (exact) mass is 401 g/mol. The number of thiophene rings is 1. The van der Waals surface area contributed by atoms with Crippen LogP contribution >= 0.6 is 11.3 Å². The fourth-order valence-corrected chi connectivity index (χ4v) is 4.45. The highest BCUT2D eigenvalue weighted by Crippen LogP contribution is 2.34. The van der Waals surface area contributed by atoms with Crippen LogP contribution in [-0.4, -0.2) is 44.5 Å². The van der Waals surface area contributed by atoms with E-state index in [-0.39, 0.29) is 30.5 Å². The molecule has 2 amide bonds. The average Bonchev–Trinajstić information content (AvgIpc) is 3.22. The Morgan fingerprint density at radius 3 is 2.71 bits per heavy atom. The molecule has 2 N–H and O–H groups in total. The molecule has 1 aliphatic rings. The number of nitrogens with one attached hydrogen (secondary N) is 2. The Balaban J connectivity index is 1.82. The Morgan fingerprint density at radius 2 is 2.00 bits per heavy atom. The summed E-state index contributed by atoms with van der Waals surface area (Å²) >= 11 is 1.08. The van der Waals surface area contributed by atoms with Crippen molar-refractivity contribution in [2.45, 2.75) is 20.3 Å². The fraction of sp³-hybridized carbons (Fsp3) is 0.350. The van der Waals surface area contributed by atoms with Crippen molar-refractivity contribution in [3.8, 4) is 0 Å². The molecule has 0 fully saturated rings. The van der Waals surface area contributed by atoms with Crippen LogP contribution in [0.4, 0.5) is 10.7 Å². The summed E-state index contributed by atoms with van der Waals surface area (Å²) in [6, 6.07) is 8.00. The Morgan fingerprint density at radius 1 is 1.25 bits per heavy atom. The van der Waals surface area contributed by atoms with Gasteiger partial charge in [-0.15, -0.1) is 11.3 Å². The van der Waals surface area contributed by atoms with Gasteiger partial charge in [-0.3, -0.25) is 9.59 Å². The van der Waals surface area contributed by atoms with Crippen LogP contribution in [0, 0.1) is 6.92 Å². The number of carbonyl (C=O) groups is 3. The largest absolute Gasteiger partial charge is 0.462 e. The van der Waals surface area contributed by atoms with E-state index >= 15 is 0 Å². The normalized spacial score (nSPS) is 12.5. The van der Waals surface area contributed by atoms with Crippen LogP contribution in [0.25, 0.3) is 0 Å². The Bertz CT molecular complexity index is 922. The van der Waals surface area contributed by atoms with Crippen molar-refractivity contribution >= 4 is 39.8 Å². The Labute approximate surface area is 167 Å². The van der Waals surface area contributed by atoms with E-state index in [2.05, 4.69) is 16.7 Å². The number of fused-ring (bicyclic) bond motifs is 1. The van der Waals surface area contributed by atoms with Crippen LogP contribution in [0.3, 0.4) is 0 Å². The zero-order valence-electron chi connectivity index (χ0n) is 16.1. The third kappa shape index (κ3) is 3.87. The fourth-order valence-electron chi connectivity index (χ4n) is 3.29. The van der Waals surface area contributed by atoms with Crippen molar-refractivity contribution in [1.82, 2.24) is 5.32 Å². The molecule has 0 saturated carbocycles. The third-order valence-corrected chi connectivity index (χ3v) is 5.84. The lowest BCUT2D eigenvalue weighted by molar-refractivity contribution is -0.114. The van der Waals surface area contributed by atoms with E-state index < -0.39 is 5.97 Å². The molecule has 2 aromatic rings. The van der Waals surface area contributed by atoms with E-state index in [4.69, 9.17) is 4.74 Å². The molecule has 148 valence electrons. The SMILES string of the molecule is CCOC(=O)c1c(NC(=O)CN2CCc3ccccc32)sc(C(=O)NC)c1C. The van der Waals surface area contributed by atoms with Crippen molar-refractivity contribution in [2.24, 2.45) is 0 Å². The number of benzene rings is 1. The lowest BCUT2D eigenvalue weighted by Crippen LogP contribution is -2.32. The van der Waals surface area contributed by atoms with E-state index in [1.807, 2.05) is 23.1 Å². The van der Waals surface area contributed by atoms with Gasteiger partial charge >= 0.3 is 5.97 Å². The van der Waals surface area contributed by atoms with Crippen molar-refractivity contribution < 1.29 is 19.1 Å². The van der Waals surface area contributed by atoms with Gasteiger partial charge in [0.05, 0.1) is 23.6 Å². The van der Waals surface area contributed by atoms with Gasteiger partial charge in [-0.25, -0.2) is 4.79 Å². The van der Waals surface area contributed by atoms with Crippen LogP contribution in [0.1, 0.15) is 38.1 Å². The van der Waals surface area contributed by atoms with E-state index in [0.29, 0.717) is 15.4 Å². The van der Waals surface area contributed by atoms with Gasteiger partial charge in [0.1, 0.15) is 5.00 Å². The minimum atomic E-state index is -0.548. The van der Waals surface area contributed by atoms with Crippen LogP contribution in [0.2, 0.25) is 0 Å². The molecule has 0 bridgehead atoms. The summed E-state index contributed by atoms with van der Waals surface area (Å²) < 4.78 is 5.11. The van der Waals surface area contributed by atoms with Gasteiger partial charge < -0.3 is 20.3 Å². The molecule has 7 nitrogen and oxygen atoms in total. The molecular weight excluding hydrogens is 378 g/mol. The van der Waals surface area contributed by atoms with Gasteiger partial charge in [0, 0.05) is 19.3 Å². The van der Waals surface area contributed by atoms with E-state index in [9.17, 15) is 14.4 Å². The number of hydrogen-bond donors (Lipinski definition) is 2. The molecule has 0 unspecified atom stereocenters. The third-order valence-electron chi connectivity index (χ3n) is 4.63. The number of ether oxygens (including phenoxy) is 1. The number of hydrogen-bond acceptors (Lipinski definition) is 6. The zero-order chi connectivity index (χ0) is 20.3. The molecule has 1 aromatic carbocycles. The number of esters is 1. The standard InChI is InChI=1S/C20H23N3O4S/c1-4-27-20(26)16-12(2)17(18(25)21-3)28-19(16)22-15(24)11-23-10-9-13-7-5-6-8-14(13)23/h5-8H,4,9-11H2,1-3H3,(H,21,25)(H,22,24). The van der Waals surface area contributed by atoms with E-state index in [1.54, 1.807) is 13.8 Å². The van der Waals surface area contributed by atoms with Gasteiger partial charge in [0.25, 0.3) is 5.91 Å². The first-order chi connectivity index (χ1) is 13.5. The predicted molar refractivity (Wildman–Crippen MR) is 109 cm³/mol. The number of para-hydroxylation sites is 1. The number of amides is 2. The summed E-state index contributed by atoms with van der Waals surface area (Å²) in [5.74, 6) is -1.10. The molecule has 0 radical (unpaired) electrons. The number of nitrogens with zero attached hydrogens (tertiary/aromatic N) is 1. The molecule has 2 heterocycles. The summed E-state index contributed by atoms with van der Waals surface area (Å²) in [7, 11) is 1.52. The highest BCUT2D eigenvalue weighted by molar-refractivity contribution is 7.18. The van der Waals surface area contributed by atoms with Crippen LogP contribution in [0.5, 0.6) is 0 Å². The maximum absolute atomic E-state index is 12.7. The second kappa shape index (κ2) is 8.43. The first kappa shape index (κ1) is 19.9. The average molecular weight is 401 g/mol. The predicted octanol–water partition coefficient (Wildman–Crippen LogP) is 2.59. The zero-order valence-corrected chi connectivity index (χ0v) is 16.9. The number of rotatable bonds is 6. The highest BCUT2D eigenvalue weighted by atomic mass is 32.1. The van der Waals surface area contributed by atoms with E-state index in [1.165, 1.54) is 12.6 Å². The summed E-state index contributed by atoms with van der Waals surface area (Å²) in [5.41, 5.74) is 3.01. The quantitative estimate of drug-likeness (QED) is 0.727. The minimum Gasteiger partial charge on any atom is -0.462 e. The molecule has 0 saturated heterocycles. The van der Waals surface area contributed by atoms with Gasteiger partial charge in [-0.1, -0.05) is 18.2 Å². The molecule has 0 atom stereocenters.